The van der Waals surface area contributed by atoms with Gasteiger partial charge in [-0.3, -0.25) is 0 Å². The van der Waals surface area contributed by atoms with E-state index in [1.807, 2.05) is 13.2 Å². The minimum Gasteiger partial charge on any atom is -0.399 e. The zero-order chi connectivity index (χ0) is 13.1. The lowest BCUT2D eigenvalue weighted by atomic mass is 10.2. The molecule has 0 aliphatic heterocycles. The fourth-order valence-corrected chi connectivity index (χ4v) is 3.06. The van der Waals surface area contributed by atoms with E-state index in [-0.39, 0.29) is 10.1 Å². The summed E-state index contributed by atoms with van der Waals surface area (Å²) in [6.45, 7) is 4.14. The summed E-state index contributed by atoms with van der Waals surface area (Å²) in [5.74, 6) is 0. The summed E-state index contributed by atoms with van der Waals surface area (Å²) in [5.41, 5.74) is 6.76. The van der Waals surface area contributed by atoms with Crippen LogP contribution < -0.4 is 10.5 Å². The Labute approximate surface area is 107 Å². The van der Waals surface area contributed by atoms with Crippen molar-refractivity contribution in [3.05, 3.63) is 23.8 Å². The number of aryl methyl sites for hydroxylation is 1. The molecule has 0 radical (unpaired) electrons. The van der Waals surface area contributed by atoms with Crippen molar-refractivity contribution in [1.29, 1.82) is 0 Å². The number of nitrogen functional groups attached to an aromatic ring is 1. The van der Waals surface area contributed by atoms with Crippen LogP contribution in [0.25, 0.3) is 0 Å². The second kappa shape index (κ2) is 5.75. The van der Waals surface area contributed by atoms with Gasteiger partial charge in [0.05, 0.1) is 4.90 Å². The van der Waals surface area contributed by atoms with E-state index in [1.165, 1.54) is 6.07 Å². The normalized spacial score (nSPS) is 13.6. The van der Waals surface area contributed by atoms with Crippen molar-refractivity contribution in [3.63, 3.8) is 0 Å². The molecule has 1 rings (SSSR count). The molecule has 0 aliphatic carbocycles. The number of nitrogens with one attached hydrogen (secondary N) is 1. The average molecular weight is 274 g/mol. The van der Waals surface area contributed by atoms with Gasteiger partial charge < -0.3 is 5.73 Å². The molecule has 0 amide bonds. The van der Waals surface area contributed by atoms with Crippen molar-refractivity contribution in [3.8, 4) is 0 Å². The number of nitrogens with two attached hydrogens (primary N) is 1. The molecule has 1 aromatic rings. The summed E-state index contributed by atoms with van der Waals surface area (Å²) in [7, 11) is -3.46. The van der Waals surface area contributed by atoms with Gasteiger partial charge in [-0.25, -0.2) is 13.1 Å². The summed E-state index contributed by atoms with van der Waals surface area (Å²) in [6.07, 6.45) is 1.95. The van der Waals surface area contributed by atoms with Gasteiger partial charge in [-0.15, -0.1) is 0 Å². The lowest BCUT2D eigenvalue weighted by Gasteiger charge is -2.12. The van der Waals surface area contributed by atoms with Crippen LogP contribution in [-0.4, -0.2) is 26.5 Å². The molecule has 17 heavy (non-hydrogen) atoms. The molecule has 4 nitrogen and oxygen atoms in total. The second-order valence-electron chi connectivity index (χ2n) is 3.92. The summed E-state index contributed by atoms with van der Waals surface area (Å²) in [6, 6.07) is 4.89. The van der Waals surface area contributed by atoms with E-state index >= 15 is 0 Å². The number of hydrogen-bond donors (Lipinski definition) is 2. The maximum atomic E-state index is 12.0. The number of hydrogen-bond acceptors (Lipinski definition) is 4. The largest absolute Gasteiger partial charge is 0.399 e. The van der Waals surface area contributed by atoms with Gasteiger partial charge in [-0.2, -0.15) is 11.8 Å². The highest BCUT2D eigenvalue weighted by Crippen LogP contribution is 2.18. The van der Waals surface area contributed by atoms with Gasteiger partial charge in [0.1, 0.15) is 0 Å². The first-order valence-electron chi connectivity index (χ1n) is 5.25. The lowest BCUT2D eigenvalue weighted by Crippen LogP contribution is -2.30. The predicted octanol–water partition coefficient (Wildman–Crippen LogP) is 1.61. The molecular weight excluding hydrogens is 256 g/mol. The Morgan fingerprint density at radius 3 is 2.71 bits per heavy atom. The zero-order valence-electron chi connectivity index (χ0n) is 10.2. The van der Waals surface area contributed by atoms with Gasteiger partial charge in [0.15, 0.2) is 0 Å². The quantitative estimate of drug-likeness (QED) is 0.800. The maximum absolute atomic E-state index is 12.0. The summed E-state index contributed by atoms with van der Waals surface area (Å²) in [4.78, 5) is 0.255. The van der Waals surface area contributed by atoms with Gasteiger partial charge >= 0.3 is 0 Å². The van der Waals surface area contributed by atoms with E-state index < -0.39 is 10.0 Å². The van der Waals surface area contributed by atoms with Crippen molar-refractivity contribution in [2.45, 2.75) is 24.0 Å². The minimum absolute atomic E-state index is 0.242. The molecule has 0 aromatic heterocycles. The van der Waals surface area contributed by atoms with E-state index in [9.17, 15) is 8.42 Å². The SMILES string of the molecule is CSC(C)CNS(=O)(=O)c1cc(N)ccc1C. The Bertz CT molecular complexity index is 486. The van der Waals surface area contributed by atoms with Gasteiger partial charge in [0, 0.05) is 17.5 Å². The molecule has 6 heteroatoms. The number of benzene rings is 1. The van der Waals surface area contributed by atoms with Crippen LogP contribution in [0, 0.1) is 6.92 Å². The second-order valence-corrected chi connectivity index (χ2v) is 6.93. The van der Waals surface area contributed by atoms with Crippen LogP contribution in [0.4, 0.5) is 5.69 Å². The molecule has 1 atom stereocenters. The third-order valence-corrected chi connectivity index (χ3v) is 5.00. The molecule has 0 heterocycles. The standard InChI is InChI=1S/C11H18N2O2S2/c1-8-4-5-10(12)6-11(8)17(14,15)13-7-9(2)16-3/h4-6,9,13H,7,12H2,1-3H3. The summed E-state index contributed by atoms with van der Waals surface area (Å²) in [5, 5.41) is 0.242. The average Bonchev–Trinajstić information content (AvgIpc) is 2.29. The third kappa shape index (κ3) is 3.90. The molecule has 3 N–H and O–H groups in total. The summed E-state index contributed by atoms with van der Waals surface area (Å²) >= 11 is 1.62. The Kier molecular flexibility index (Phi) is 4.85. The van der Waals surface area contributed by atoms with Crippen LogP contribution in [0.1, 0.15) is 12.5 Å². The van der Waals surface area contributed by atoms with E-state index in [0.29, 0.717) is 17.8 Å². The fraction of sp³-hybridized carbons (Fsp3) is 0.455. The molecule has 0 saturated carbocycles. The van der Waals surface area contributed by atoms with Crippen molar-refractivity contribution in [2.75, 3.05) is 18.5 Å². The number of thioether (sulfide) groups is 1. The molecule has 96 valence electrons. The third-order valence-electron chi connectivity index (χ3n) is 2.46. The van der Waals surface area contributed by atoms with Gasteiger partial charge in [0.25, 0.3) is 0 Å². The minimum atomic E-state index is -3.46. The highest BCUT2D eigenvalue weighted by atomic mass is 32.2. The van der Waals surface area contributed by atoms with Crippen LogP contribution >= 0.6 is 11.8 Å². The van der Waals surface area contributed by atoms with E-state index in [1.54, 1.807) is 30.8 Å². The van der Waals surface area contributed by atoms with Crippen molar-refractivity contribution < 1.29 is 8.42 Å². The molecule has 0 fully saturated rings. The zero-order valence-corrected chi connectivity index (χ0v) is 11.9. The van der Waals surface area contributed by atoms with E-state index in [4.69, 9.17) is 5.73 Å². The van der Waals surface area contributed by atoms with Crippen LogP contribution in [-0.2, 0) is 10.0 Å². The topological polar surface area (TPSA) is 72.2 Å². The molecule has 1 unspecified atom stereocenters. The molecular formula is C11H18N2O2S2. The monoisotopic (exact) mass is 274 g/mol. The highest BCUT2D eigenvalue weighted by Gasteiger charge is 2.17. The first-order chi connectivity index (χ1) is 7.86. The van der Waals surface area contributed by atoms with Crippen LogP contribution in [0.5, 0.6) is 0 Å². The van der Waals surface area contributed by atoms with E-state index in [0.717, 1.165) is 0 Å². The highest BCUT2D eigenvalue weighted by molar-refractivity contribution is 7.99. The fourth-order valence-electron chi connectivity index (χ4n) is 1.29. The molecule has 0 bridgehead atoms. The van der Waals surface area contributed by atoms with E-state index in [2.05, 4.69) is 4.72 Å². The van der Waals surface area contributed by atoms with Gasteiger partial charge in [0.2, 0.25) is 10.0 Å². The first kappa shape index (κ1) is 14.3. The van der Waals surface area contributed by atoms with Crippen molar-refractivity contribution in [2.24, 2.45) is 0 Å². The number of anilines is 1. The van der Waals surface area contributed by atoms with Gasteiger partial charge in [-0.1, -0.05) is 13.0 Å². The van der Waals surface area contributed by atoms with Crippen LogP contribution in [0.15, 0.2) is 23.1 Å². The first-order valence-corrected chi connectivity index (χ1v) is 8.02. The Hall–Kier alpha value is -0.720. The van der Waals surface area contributed by atoms with Crippen molar-refractivity contribution >= 4 is 27.5 Å². The van der Waals surface area contributed by atoms with Crippen molar-refractivity contribution in [1.82, 2.24) is 4.72 Å². The Balaban J connectivity index is 2.93. The molecule has 0 saturated heterocycles. The number of rotatable bonds is 5. The number of sulfonamides is 1. The maximum Gasteiger partial charge on any atom is 0.240 e. The predicted molar refractivity (Wildman–Crippen MR) is 73.8 cm³/mol. The molecule has 1 aromatic carbocycles. The van der Waals surface area contributed by atoms with Gasteiger partial charge in [-0.05, 0) is 30.9 Å². The lowest BCUT2D eigenvalue weighted by molar-refractivity contribution is 0.581. The smallest absolute Gasteiger partial charge is 0.240 e. The molecule has 0 spiro atoms. The summed E-state index contributed by atoms with van der Waals surface area (Å²) < 4.78 is 26.7. The molecule has 0 aliphatic rings. The Morgan fingerprint density at radius 2 is 2.12 bits per heavy atom. The van der Waals surface area contributed by atoms with Crippen LogP contribution in [0.3, 0.4) is 0 Å². The van der Waals surface area contributed by atoms with Crippen LogP contribution in [0.2, 0.25) is 0 Å². The Morgan fingerprint density at radius 1 is 1.47 bits per heavy atom.